The van der Waals surface area contributed by atoms with Gasteiger partial charge in [0.1, 0.15) is 5.52 Å². The van der Waals surface area contributed by atoms with E-state index >= 15 is 0 Å². The number of piperidine rings is 1. The molecule has 0 radical (unpaired) electrons. The van der Waals surface area contributed by atoms with Gasteiger partial charge in [-0.15, -0.1) is 0 Å². The van der Waals surface area contributed by atoms with Crippen LogP contribution >= 0.6 is 11.6 Å². The Labute approximate surface area is 105 Å². The highest BCUT2D eigenvalue weighted by Crippen LogP contribution is 2.30. The predicted octanol–water partition coefficient (Wildman–Crippen LogP) is 3.26. The first-order chi connectivity index (χ1) is 8.24. The summed E-state index contributed by atoms with van der Waals surface area (Å²) in [5, 5.41) is 4.09. The Hall–Kier alpha value is -1.06. The number of benzene rings is 1. The van der Waals surface area contributed by atoms with Crippen molar-refractivity contribution in [3.8, 4) is 0 Å². The van der Waals surface area contributed by atoms with Crippen molar-refractivity contribution in [3.05, 3.63) is 28.6 Å². The fourth-order valence-corrected chi connectivity index (χ4v) is 2.47. The summed E-state index contributed by atoms with van der Waals surface area (Å²) >= 11 is 6.08. The molecule has 0 atom stereocenters. The van der Waals surface area contributed by atoms with Crippen LogP contribution in [0.2, 0.25) is 5.02 Å². The summed E-state index contributed by atoms with van der Waals surface area (Å²) in [7, 11) is 0. The smallest absolute Gasteiger partial charge is 0.198 e. The normalized spacial score (nSPS) is 17.8. The van der Waals surface area contributed by atoms with Gasteiger partial charge >= 0.3 is 0 Å². The first-order valence-electron chi connectivity index (χ1n) is 6.01. The second-order valence-electron chi connectivity index (χ2n) is 4.65. The van der Waals surface area contributed by atoms with E-state index in [9.17, 15) is 0 Å². The maximum absolute atomic E-state index is 6.08. The standard InChI is InChI=1S/C13H15ClN2O/c1-8-6-11-12(7-10(8)14)17-13(16-11)9-2-4-15-5-3-9/h6-7,9,15H,2-5H2,1H3. The molecule has 3 rings (SSSR count). The van der Waals surface area contributed by atoms with Crippen LogP contribution in [0.5, 0.6) is 0 Å². The molecule has 17 heavy (non-hydrogen) atoms. The largest absolute Gasteiger partial charge is 0.440 e. The van der Waals surface area contributed by atoms with Crippen molar-refractivity contribution in [1.82, 2.24) is 10.3 Å². The van der Waals surface area contributed by atoms with Crippen LogP contribution in [-0.4, -0.2) is 18.1 Å². The summed E-state index contributed by atoms with van der Waals surface area (Å²) in [4.78, 5) is 4.59. The van der Waals surface area contributed by atoms with Gasteiger partial charge in [0.2, 0.25) is 0 Å². The fourth-order valence-electron chi connectivity index (χ4n) is 2.31. The van der Waals surface area contributed by atoms with E-state index in [1.165, 1.54) is 0 Å². The number of hydrogen-bond donors (Lipinski definition) is 1. The molecule has 1 saturated heterocycles. The average Bonchev–Trinajstić information content (AvgIpc) is 2.74. The van der Waals surface area contributed by atoms with Crippen LogP contribution in [0.3, 0.4) is 0 Å². The van der Waals surface area contributed by atoms with Crippen molar-refractivity contribution in [2.45, 2.75) is 25.7 Å². The van der Waals surface area contributed by atoms with Gasteiger partial charge in [-0.3, -0.25) is 0 Å². The molecule has 0 bridgehead atoms. The molecule has 0 amide bonds. The number of fused-ring (bicyclic) bond motifs is 1. The summed E-state index contributed by atoms with van der Waals surface area (Å²) in [5.74, 6) is 1.31. The first kappa shape index (κ1) is 11.1. The van der Waals surface area contributed by atoms with E-state index in [1.54, 1.807) is 0 Å². The maximum atomic E-state index is 6.08. The van der Waals surface area contributed by atoms with Gasteiger partial charge in [0.05, 0.1) is 0 Å². The summed E-state index contributed by atoms with van der Waals surface area (Å²) in [6.45, 7) is 4.08. The topological polar surface area (TPSA) is 38.1 Å². The van der Waals surface area contributed by atoms with Gasteiger partial charge in [0, 0.05) is 17.0 Å². The van der Waals surface area contributed by atoms with Gasteiger partial charge in [-0.25, -0.2) is 4.98 Å². The zero-order valence-corrected chi connectivity index (χ0v) is 10.5. The van der Waals surface area contributed by atoms with E-state index in [4.69, 9.17) is 16.0 Å². The van der Waals surface area contributed by atoms with E-state index in [0.29, 0.717) is 5.92 Å². The molecule has 2 aromatic rings. The molecule has 1 aliphatic rings. The van der Waals surface area contributed by atoms with Gasteiger partial charge in [-0.2, -0.15) is 0 Å². The monoisotopic (exact) mass is 250 g/mol. The molecule has 1 N–H and O–H groups in total. The van der Waals surface area contributed by atoms with Crippen molar-refractivity contribution in [3.63, 3.8) is 0 Å². The van der Waals surface area contributed by atoms with Gasteiger partial charge in [0.15, 0.2) is 11.5 Å². The van der Waals surface area contributed by atoms with Crippen LogP contribution in [-0.2, 0) is 0 Å². The highest BCUT2D eigenvalue weighted by Gasteiger charge is 2.20. The lowest BCUT2D eigenvalue weighted by Crippen LogP contribution is -2.26. The molecule has 1 fully saturated rings. The predicted molar refractivity (Wildman–Crippen MR) is 68.6 cm³/mol. The van der Waals surface area contributed by atoms with E-state index in [1.807, 2.05) is 19.1 Å². The minimum absolute atomic E-state index is 0.447. The Morgan fingerprint density at radius 3 is 2.88 bits per heavy atom. The lowest BCUT2D eigenvalue weighted by atomic mass is 9.98. The molecule has 0 saturated carbocycles. The average molecular weight is 251 g/mol. The minimum Gasteiger partial charge on any atom is -0.440 e. The molecular formula is C13H15ClN2O. The summed E-state index contributed by atoms with van der Waals surface area (Å²) < 4.78 is 5.82. The van der Waals surface area contributed by atoms with Crippen LogP contribution in [0, 0.1) is 6.92 Å². The summed E-state index contributed by atoms with van der Waals surface area (Å²) in [5.41, 5.74) is 2.76. The quantitative estimate of drug-likeness (QED) is 0.844. The Morgan fingerprint density at radius 2 is 2.12 bits per heavy atom. The van der Waals surface area contributed by atoms with E-state index < -0.39 is 0 Å². The Bertz CT molecular complexity index is 505. The third kappa shape index (κ3) is 2.05. The second kappa shape index (κ2) is 4.31. The number of nitrogens with one attached hydrogen (secondary N) is 1. The maximum Gasteiger partial charge on any atom is 0.198 e. The van der Waals surface area contributed by atoms with Crippen molar-refractivity contribution in [2.24, 2.45) is 0 Å². The number of nitrogens with zero attached hydrogens (tertiary/aromatic N) is 1. The fraction of sp³-hybridized carbons (Fsp3) is 0.462. The van der Waals surface area contributed by atoms with Gasteiger partial charge in [0.25, 0.3) is 0 Å². The van der Waals surface area contributed by atoms with Crippen LogP contribution in [0.25, 0.3) is 11.1 Å². The first-order valence-corrected chi connectivity index (χ1v) is 6.39. The van der Waals surface area contributed by atoms with Crippen molar-refractivity contribution < 1.29 is 4.42 Å². The Kier molecular flexibility index (Phi) is 2.81. The highest BCUT2D eigenvalue weighted by molar-refractivity contribution is 6.32. The zero-order chi connectivity index (χ0) is 11.8. The molecule has 0 unspecified atom stereocenters. The van der Waals surface area contributed by atoms with Gasteiger partial charge in [-0.1, -0.05) is 11.6 Å². The van der Waals surface area contributed by atoms with Crippen LogP contribution in [0.1, 0.15) is 30.2 Å². The highest BCUT2D eigenvalue weighted by atomic mass is 35.5. The zero-order valence-electron chi connectivity index (χ0n) is 9.79. The van der Waals surface area contributed by atoms with Crippen molar-refractivity contribution in [2.75, 3.05) is 13.1 Å². The third-order valence-corrected chi connectivity index (χ3v) is 3.78. The van der Waals surface area contributed by atoms with Crippen molar-refractivity contribution >= 4 is 22.7 Å². The van der Waals surface area contributed by atoms with E-state index in [-0.39, 0.29) is 0 Å². The molecule has 90 valence electrons. The number of rotatable bonds is 1. The number of oxazole rings is 1. The Balaban J connectivity index is 2.00. The number of aryl methyl sites for hydroxylation is 1. The van der Waals surface area contributed by atoms with Crippen molar-refractivity contribution in [1.29, 1.82) is 0 Å². The number of aromatic nitrogens is 1. The molecular weight excluding hydrogens is 236 g/mol. The molecule has 1 aliphatic heterocycles. The number of hydrogen-bond acceptors (Lipinski definition) is 3. The Morgan fingerprint density at radius 1 is 1.35 bits per heavy atom. The number of halogens is 1. The molecule has 0 spiro atoms. The van der Waals surface area contributed by atoms with E-state index in [0.717, 1.165) is 53.5 Å². The van der Waals surface area contributed by atoms with Crippen LogP contribution in [0.15, 0.2) is 16.5 Å². The second-order valence-corrected chi connectivity index (χ2v) is 5.05. The molecule has 3 nitrogen and oxygen atoms in total. The minimum atomic E-state index is 0.447. The van der Waals surface area contributed by atoms with Gasteiger partial charge in [-0.05, 0) is 44.5 Å². The summed E-state index contributed by atoms with van der Waals surface area (Å²) in [6, 6.07) is 3.86. The van der Waals surface area contributed by atoms with E-state index in [2.05, 4.69) is 10.3 Å². The molecule has 4 heteroatoms. The molecule has 2 heterocycles. The SMILES string of the molecule is Cc1cc2nc(C3CCNCC3)oc2cc1Cl. The van der Waals surface area contributed by atoms with Gasteiger partial charge < -0.3 is 9.73 Å². The molecule has 1 aromatic carbocycles. The summed E-state index contributed by atoms with van der Waals surface area (Å²) in [6.07, 6.45) is 2.19. The lowest BCUT2D eigenvalue weighted by molar-refractivity contribution is 0.385. The van der Waals surface area contributed by atoms with Crippen LogP contribution in [0.4, 0.5) is 0 Å². The van der Waals surface area contributed by atoms with Crippen LogP contribution < -0.4 is 5.32 Å². The lowest BCUT2D eigenvalue weighted by Gasteiger charge is -2.19. The third-order valence-electron chi connectivity index (χ3n) is 3.37. The molecule has 1 aromatic heterocycles. The molecule has 0 aliphatic carbocycles.